The second-order valence-corrected chi connectivity index (χ2v) is 6.07. The highest BCUT2D eigenvalue weighted by atomic mass is 79.9. The number of nitrogens with two attached hydrogens (primary N) is 1. The monoisotopic (exact) mass is 310 g/mol. The molecule has 0 bridgehead atoms. The van der Waals surface area contributed by atoms with E-state index < -0.39 is 0 Å². The minimum atomic E-state index is -0.146. The van der Waals surface area contributed by atoms with Gasteiger partial charge in [-0.1, -0.05) is 28.1 Å². The molecule has 0 aromatic heterocycles. The Balaban J connectivity index is 2.06. The zero-order valence-electron chi connectivity index (χ0n) is 10.7. The summed E-state index contributed by atoms with van der Waals surface area (Å²) < 4.78 is 1.03. The van der Waals surface area contributed by atoms with Gasteiger partial charge >= 0.3 is 0 Å². The molecule has 1 saturated heterocycles. The molecule has 1 aliphatic heterocycles. The average Bonchev–Trinajstić information content (AvgIpc) is 2.75. The molecule has 3 nitrogen and oxygen atoms in total. The van der Waals surface area contributed by atoms with Crippen molar-refractivity contribution in [1.82, 2.24) is 4.90 Å². The molecule has 0 aliphatic carbocycles. The molecule has 1 atom stereocenters. The van der Waals surface area contributed by atoms with Gasteiger partial charge in [-0.25, -0.2) is 0 Å². The first-order valence-electron chi connectivity index (χ1n) is 6.30. The molecule has 18 heavy (non-hydrogen) atoms. The lowest BCUT2D eigenvalue weighted by molar-refractivity contribution is -0.133. The van der Waals surface area contributed by atoms with Crippen molar-refractivity contribution in [2.75, 3.05) is 13.1 Å². The highest BCUT2D eigenvalue weighted by Gasteiger charge is 2.37. The maximum absolute atomic E-state index is 12.3. The summed E-state index contributed by atoms with van der Waals surface area (Å²) in [6.45, 7) is 3.46. The highest BCUT2D eigenvalue weighted by Crippen LogP contribution is 2.28. The van der Waals surface area contributed by atoms with Crippen LogP contribution < -0.4 is 5.73 Å². The second kappa shape index (κ2) is 5.41. The summed E-state index contributed by atoms with van der Waals surface area (Å²) in [5.74, 6) is 0.183. The van der Waals surface area contributed by atoms with E-state index in [1.807, 2.05) is 29.2 Å². The number of benzene rings is 1. The summed E-state index contributed by atoms with van der Waals surface area (Å²) in [5, 5.41) is 0. The lowest BCUT2D eigenvalue weighted by atomic mass is 9.98. The maximum Gasteiger partial charge on any atom is 0.227 e. The van der Waals surface area contributed by atoms with Gasteiger partial charge in [-0.05, 0) is 37.5 Å². The SMILES string of the molecule is CC1(CN)CCCN1C(=O)Cc1ccc(Br)cc1. The smallest absolute Gasteiger partial charge is 0.227 e. The van der Waals surface area contributed by atoms with Crippen LogP contribution in [0.5, 0.6) is 0 Å². The zero-order chi connectivity index (χ0) is 13.2. The standard InChI is InChI=1S/C14H19BrN2O/c1-14(10-16)7-2-8-17(14)13(18)9-11-3-5-12(15)6-4-11/h3-6H,2,7-10,16H2,1H3. The van der Waals surface area contributed by atoms with Gasteiger partial charge in [0.2, 0.25) is 5.91 Å². The van der Waals surface area contributed by atoms with Crippen molar-refractivity contribution in [3.8, 4) is 0 Å². The third-order valence-electron chi connectivity index (χ3n) is 3.76. The molecule has 0 spiro atoms. The Labute approximate surface area is 116 Å². The van der Waals surface area contributed by atoms with Crippen molar-refractivity contribution < 1.29 is 4.79 Å². The predicted octanol–water partition coefficient (Wildman–Crippen LogP) is 2.33. The molecule has 98 valence electrons. The van der Waals surface area contributed by atoms with Crippen molar-refractivity contribution in [3.05, 3.63) is 34.3 Å². The van der Waals surface area contributed by atoms with E-state index >= 15 is 0 Å². The van der Waals surface area contributed by atoms with Crippen molar-refractivity contribution in [3.63, 3.8) is 0 Å². The topological polar surface area (TPSA) is 46.3 Å². The van der Waals surface area contributed by atoms with E-state index in [-0.39, 0.29) is 11.4 Å². The van der Waals surface area contributed by atoms with Crippen LogP contribution in [-0.2, 0) is 11.2 Å². The average molecular weight is 311 g/mol. The summed E-state index contributed by atoms with van der Waals surface area (Å²) in [6, 6.07) is 7.90. The van der Waals surface area contributed by atoms with Crippen LogP contribution in [0.2, 0.25) is 0 Å². The van der Waals surface area contributed by atoms with Gasteiger partial charge < -0.3 is 10.6 Å². The van der Waals surface area contributed by atoms with E-state index in [4.69, 9.17) is 5.73 Å². The fourth-order valence-electron chi connectivity index (χ4n) is 2.53. The van der Waals surface area contributed by atoms with Crippen molar-refractivity contribution in [2.24, 2.45) is 5.73 Å². The van der Waals surface area contributed by atoms with Crippen molar-refractivity contribution >= 4 is 21.8 Å². The van der Waals surface area contributed by atoms with Gasteiger partial charge in [0.05, 0.1) is 12.0 Å². The van der Waals surface area contributed by atoms with Crippen LogP contribution in [0.15, 0.2) is 28.7 Å². The first-order chi connectivity index (χ1) is 8.55. The summed E-state index contributed by atoms with van der Waals surface area (Å²) >= 11 is 3.40. The zero-order valence-corrected chi connectivity index (χ0v) is 12.2. The lowest BCUT2D eigenvalue weighted by Gasteiger charge is -2.34. The molecule has 2 rings (SSSR count). The van der Waals surface area contributed by atoms with E-state index in [0.29, 0.717) is 13.0 Å². The van der Waals surface area contributed by atoms with Crippen molar-refractivity contribution in [2.45, 2.75) is 31.7 Å². The van der Waals surface area contributed by atoms with E-state index in [1.54, 1.807) is 0 Å². The normalized spacial score (nSPS) is 23.4. The summed E-state index contributed by atoms with van der Waals surface area (Å²) in [5.41, 5.74) is 6.71. The van der Waals surface area contributed by atoms with Gasteiger partial charge in [0.1, 0.15) is 0 Å². The molecule has 1 heterocycles. The van der Waals surface area contributed by atoms with Crippen LogP contribution in [0.1, 0.15) is 25.3 Å². The van der Waals surface area contributed by atoms with Crippen LogP contribution in [0, 0.1) is 0 Å². The van der Waals surface area contributed by atoms with Crippen LogP contribution in [-0.4, -0.2) is 29.4 Å². The number of hydrogen-bond donors (Lipinski definition) is 1. The van der Waals surface area contributed by atoms with Crippen LogP contribution in [0.25, 0.3) is 0 Å². The van der Waals surface area contributed by atoms with Gasteiger partial charge in [-0.15, -0.1) is 0 Å². The van der Waals surface area contributed by atoms with Crippen LogP contribution in [0.4, 0.5) is 0 Å². The molecule has 1 aromatic rings. The molecule has 1 aliphatic rings. The minimum Gasteiger partial charge on any atom is -0.336 e. The number of carbonyl (C=O) groups is 1. The van der Waals surface area contributed by atoms with E-state index in [0.717, 1.165) is 29.4 Å². The molecule has 0 radical (unpaired) electrons. The van der Waals surface area contributed by atoms with Gasteiger partial charge in [-0.3, -0.25) is 4.79 Å². The predicted molar refractivity (Wildman–Crippen MR) is 76.3 cm³/mol. The second-order valence-electron chi connectivity index (χ2n) is 5.15. The summed E-state index contributed by atoms with van der Waals surface area (Å²) in [4.78, 5) is 14.3. The first-order valence-corrected chi connectivity index (χ1v) is 7.09. The highest BCUT2D eigenvalue weighted by molar-refractivity contribution is 9.10. The number of hydrogen-bond acceptors (Lipinski definition) is 2. The lowest BCUT2D eigenvalue weighted by Crippen LogP contribution is -2.50. The van der Waals surface area contributed by atoms with Gasteiger partial charge in [0.15, 0.2) is 0 Å². The van der Waals surface area contributed by atoms with Gasteiger partial charge in [0, 0.05) is 17.6 Å². The number of carbonyl (C=O) groups excluding carboxylic acids is 1. The van der Waals surface area contributed by atoms with Crippen LogP contribution >= 0.6 is 15.9 Å². The van der Waals surface area contributed by atoms with Gasteiger partial charge in [0.25, 0.3) is 0 Å². The molecule has 0 saturated carbocycles. The summed E-state index contributed by atoms with van der Waals surface area (Å²) in [7, 11) is 0. The maximum atomic E-state index is 12.3. The first kappa shape index (κ1) is 13.6. The van der Waals surface area contributed by atoms with Crippen LogP contribution in [0.3, 0.4) is 0 Å². The van der Waals surface area contributed by atoms with E-state index in [1.165, 1.54) is 0 Å². The Bertz CT molecular complexity index is 432. The molecule has 4 heteroatoms. The molecule has 1 aromatic carbocycles. The minimum absolute atomic E-state index is 0.146. The van der Waals surface area contributed by atoms with Gasteiger partial charge in [-0.2, -0.15) is 0 Å². The van der Waals surface area contributed by atoms with E-state index in [2.05, 4.69) is 22.9 Å². The van der Waals surface area contributed by atoms with E-state index in [9.17, 15) is 4.79 Å². The Morgan fingerprint density at radius 2 is 2.11 bits per heavy atom. The Morgan fingerprint density at radius 1 is 1.44 bits per heavy atom. The third kappa shape index (κ3) is 2.75. The Hall–Kier alpha value is -0.870. The number of rotatable bonds is 3. The molecule has 2 N–H and O–H groups in total. The number of halogens is 1. The number of likely N-dealkylation sites (tertiary alicyclic amines) is 1. The molecule has 1 unspecified atom stereocenters. The number of amides is 1. The Morgan fingerprint density at radius 3 is 2.72 bits per heavy atom. The fourth-order valence-corrected chi connectivity index (χ4v) is 2.80. The number of nitrogens with zero attached hydrogens (tertiary/aromatic N) is 1. The Kier molecular flexibility index (Phi) is 4.07. The molecular formula is C14H19BrN2O. The third-order valence-corrected chi connectivity index (χ3v) is 4.29. The van der Waals surface area contributed by atoms with Crippen molar-refractivity contribution in [1.29, 1.82) is 0 Å². The quantitative estimate of drug-likeness (QED) is 0.931. The molecule has 1 fully saturated rings. The molecular weight excluding hydrogens is 292 g/mol. The molecule has 1 amide bonds. The summed E-state index contributed by atoms with van der Waals surface area (Å²) in [6.07, 6.45) is 2.53. The fraction of sp³-hybridized carbons (Fsp3) is 0.500. The largest absolute Gasteiger partial charge is 0.336 e.